The maximum Gasteiger partial charge on any atom is 0.251 e. The Morgan fingerprint density at radius 1 is 0.815 bits per heavy atom. The second kappa shape index (κ2) is 8.76. The second-order valence-electron chi connectivity index (χ2n) is 6.23. The molecule has 0 saturated carbocycles. The molecule has 2 aromatic carbocycles. The van der Waals surface area contributed by atoms with Gasteiger partial charge in [0.15, 0.2) is 0 Å². The number of aromatic nitrogens is 1. The molecule has 0 unspecified atom stereocenters. The Balaban J connectivity index is 1.55. The molecule has 1 heterocycles. The minimum absolute atomic E-state index is 0.166. The van der Waals surface area contributed by atoms with E-state index in [1.54, 1.807) is 36.7 Å². The van der Waals surface area contributed by atoms with Crippen LogP contribution < -0.4 is 10.6 Å². The first kappa shape index (κ1) is 18.3. The van der Waals surface area contributed by atoms with E-state index in [0.717, 1.165) is 16.7 Å². The van der Waals surface area contributed by atoms with Gasteiger partial charge in [-0.3, -0.25) is 14.6 Å². The topological polar surface area (TPSA) is 71.1 Å². The van der Waals surface area contributed by atoms with E-state index in [2.05, 4.69) is 15.6 Å². The standard InChI is InChI=1S/C22H21N3O2/c1-16-5-2-3-7-20(16)15-25-22(27)19-10-8-18(9-11-19)21(26)24-14-17-6-4-12-23-13-17/h2-13H,14-15H2,1H3,(H,24,26)(H,25,27). The van der Waals surface area contributed by atoms with Crippen molar-refractivity contribution in [3.63, 3.8) is 0 Å². The number of aryl methyl sites for hydroxylation is 1. The summed E-state index contributed by atoms with van der Waals surface area (Å²) in [5.41, 5.74) is 4.18. The molecule has 27 heavy (non-hydrogen) atoms. The zero-order valence-electron chi connectivity index (χ0n) is 15.1. The van der Waals surface area contributed by atoms with Crippen LogP contribution in [0.25, 0.3) is 0 Å². The van der Waals surface area contributed by atoms with Crippen LogP contribution in [0.1, 0.15) is 37.4 Å². The Kier molecular flexibility index (Phi) is 5.94. The van der Waals surface area contributed by atoms with Crippen molar-refractivity contribution in [1.29, 1.82) is 0 Å². The zero-order chi connectivity index (χ0) is 19.1. The number of amides is 2. The van der Waals surface area contributed by atoms with E-state index in [1.807, 2.05) is 43.3 Å². The van der Waals surface area contributed by atoms with Crippen molar-refractivity contribution < 1.29 is 9.59 Å². The highest BCUT2D eigenvalue weighted by Crippen LogP contribution is 2.08. The van der Waals surface area contributed by atoms with Crippen molar-refractivity contribution in [3.8, 4) is 0 Å². The summed E-state index contributed by atoms with van der Waals surface area (Å²) < 4.78 is 0. The number of hydrogen-bond acceptors (Lipinski definition) is 3. The maximum atomic E-state index is 12.3. The van der Waals surface area contributed by atoms with Gasteiger partial charge in [0.1, 0.15) is 0 Å². The number of pyridine rings is 1. The first-order valence-electron chi connectivity index (χ1n) is 8.73. The molecule has 0 bridgehead atoms. The highest BCUT2D eigenvalue weighted by Gasteiger charge is 2.09. The molecule has 2 amide bonds. The largest absolute Gasteiger partial charge is 0.348 e. The highest BCUT2D eigenvalue weighted by molar-refractivity contribution is 5.97. The van der Waals surface area contributed by atoms with Gasteiger partial charge in [-0.15, -0.1) is 0 Å². The molecule has 136 valence electrons. The fourth-order valence-electron chi connectivity index (χ4n) is 2.65. The summed E-state index contributed by atoms with van der Waals surface area (Å²) in [4.78, 5) is 28.5. The van der Waals surface area contributed by atoms with E-state index in [1.165, 1.54) is 0 Å². The summed E-state index contributed by atoms with van der Waals surface area (Å²) in [7, 11) is 0. The number of hydrogen-bond donors (Lipinski definition) is 2. The van der Waals surface area contributed by atoms with Crippen LogP contribution in [0.5, 0.6) is 0 Å². The molecule has 0 aliphatic rings. The van der Waals surface area contributed by atoms with Crippen molar-refractivity contribution in [2.75, 3.05) is 0 Å². The van der Waals surface area contributed by atoms with Crippen LogP contribution in [0.3, 0.4) is 0 Å². The summed E-state index contributed by atoms with van der Waals surface area (Å²) in [5, 5.41) is 5.74. The minimum atomic E-state index is -0.189. The van der Waals surface area contributed by atoms with E-state index in [-0.39, 0.29) is 11.8 Å². The van der Waals surface area contributed by atoms with Gasteiger partial charge >= 0.3 is 0 Å². The van der Waals surface area contributed by atoms with Crippen LogP contribution in [0, 0.1) is 6.92 Å². The Labute approximate surface area is 158 Å². The highest BCUT2D eigenvalue weighted by atomic mass is 16.2. The van der Waals surface area contributed by atoms with Crippen LogP contribution in [0.2, 0.25) is 0 Å². The van der Waals surface area contributed by atoms with Crippen molar-refractivity contribution in [2.45, 2.75) is 20.0 Å². The van der Waals surface area contributed by atoms with E-state index in [4.69, 9.17) is 0 Å². The summed E-state index contributed by atoms with van der Waals surface area (Å²) >= 11 is 0. The van der Waals surface area contributed by atoms with Crippen LogP contribution in [0.15, 0.2) is 73.1 Å². The molecule has 0 spiro atoms. The molecule has 3 rings (SSSR count). The SMILES string of the molecule is Cc1ccccc1CNC(=O)c1ccc(C(=O)NCc2cccnc2)cc1. The number of nitrogens with one attached hydrogen (secondary N) is 2. The monoisotopic (exact) mass is 359 g/mol. The third kappa shape index (κ3) is 5.01. The predicted molar refractivity (Wildman–Crippen MR) is 104 cm³/mol. The predicted octanol–water partition coefficient (Wildman–Crippen LogP) is 3.25. The van der Waals surface area contributed by atoms with Crippen LogP contribution >= 0.6 is 0 Å². The van der Waals surface area contributed by atoms with E-state index < -0.39 is 0 Å². The Hall–Kier alpha value is -3.47. The molecule has 0 fully saturated rings. The number of nitrogens with zero attached hydrogens (tertiary/aromatic N) is 1. The van der Waals surface area contributed by atoms with Gasteiger partial charge < -0.3 is 10.6 Å². The lowest BCUT2D eigenvalue weighted by atomic mass is 10.1. The summed E-state index contributed by atoms with van der Waals surface area (Å²) in [6, 6.07) is 18.3. The van der Waals surface area contributed by atoms with E-state index in [0.29, 0.717) is 24.2 Å². The normalized spacial score (nSPS) is 10.3. The molecule has 3 aromatic rings. The molecule has 0 aliphatic heterocycles. The number of carbonyl (C=O) groups is 2. The third-order valence-corrected chi connectivity index (χ3v) is 4.29. The summed E-state index contributed by atoms with van der Waals surface area (Å²) in [5.74, 6) is -0.355. The first-order chi connectivity index (χ1) is 13.1. The fraction of sp³-hybridized carbons (Fsp3) is 0.136. The third-order valence-electron chi connectivity index (χ3n) is 4.29. The summed E-state index contributed by atoms with van der Waals surface area (Å²) in [6.45, 7) is 2.89. The van der Waals surface area contributed by atoms with Crippen molar-refractivity contribution in [2.24, 2.45) is 0 Å². The Morgan fingerprint density at radius 3 is 2.04 bits per heavy atom. The lowest BCUT2D eigenvalue weighted by Crippen LogP contribution is -2.24. The van der Waals surface area contributed by atoms with Gasteiger partial charge in [-0.25, -0.2) is 0 Å². The molecule has 0 saturated heterocycles. The molecule has 2 N–H and O–H groups in total. The van der Waals surface area contributed by atoms with Crippen LogP contribution in [-0.4, -0.2) is 16.8 Å². The van der Waals surface area contributed by atoms with Crippen molar-refractivity contribution >= 4 is 11.8 Å². The first-order valence-corrected chi connectivity index (χ1v) is 8.73. The van der Waals surface area contributed by atoms with E-state index in [9.17, 15) is 9.59 Å². The van der Waals surface area contributed by atoms with Crippen molar-refractivity contribution in [1.82, 2.24) is 15.6 Å². The fourth-order valence-corrected chi connectivity index (χ4v) is 2.65. The Bertz CT molecular complexity index is 922. The van der Waals surface area contributed by atoms with E-state index >= 15 is 0 Å². The van der Waals surface area contributed by atoms with Crippen molar-refractivity contribution in [3.05, 3.63) is 101 Å². The Morgan fingerprint density at radius 2 is 1.44 bits per heavy atom. The van der Waals surface area contributed by atoms with Gasteiger partial charge in [0.2, 0.25) is 0 Å². The number of carbonyl (C=O) groups excluding carboxylic acids is 2. The smallest absolute Gasteiger partial charge is 0.251 e. The lowest BCUT2D eigenvalue weighted by molar-refractivity contribution is 0.0939. The van der Waals surface area contributed by atoms with Gasteiger partial charge in [-0.2, -0.15) is 0 Å². The quantitative estimate of drug-likeness (QED) is 0.710. The average Bonchev–Trinajstić information content (AvgIpc) is 2.72. The zero-order valence-corrected chi connectivity index (χ0v) is 15.1. The van der Waals surface area contributed by atoms with Gasteiger partial charge in [-0.1, -0.05) is 30.3 Å². The average molecular weight is 359 g/mol. The van der Waals surface area contributed by atoms with Gasteiger partial charge in [0, 0.05) is 36.6 Å². The van der Waals surface area contributed by atoms with Gasteiger partial charge in [-0.05, 0) is 53.9 Å². The summed E-state index contributed by atoms with van der Waals surface area (Å²) in [6.07, 6.45) is 3.40. The molecule has 0 atom stereocenters. The molecular formula is C22H21N3O2. The molecular weight excluding hydrogens is 338 g/mol. The molecule has 0 radical (unpaired) electrons. The second-order valence-corrected chi connectivity index (χ2v) is 6.23. The number of benzene rings is 2. The molecule has 1 aromatic heterocycles. The minimum Gasteiger partial charge on any atom is -0.348 e. The maximum absolute atomic E-state index is 12.3. The van der Waals surface area contributed by atoms with Gasteiger partial charge in [0.05, 0.1) is 0 Å². The lowest BCUT2D eigenvalue weighted by Gasteiger charge is -2.09. The molecule has 5 nitrogen and oxygen atoms in total. The number of rotatable bonds is 6. The van der Waals surface area contributed by atoms with Crippen LogP contribution in [0.4, 0.5) is 0 Å². The van der Waals surface area contributed by atoms with Gasteiger partial charge in [0.25, 0.3) is 11.8 Å². The van der Waals surface area contributed by atoms with Crippen LogP contribution in [-0.2, 0) is 13.1 Å². The molecule has 5 heteroatoms. The molecule has 0 aliphatic carbocycles.